The van der Waals surface area contributed by atoms with Gasteiger partial charge in [-0.2, -0.15) is 0 Å². The van der Waals surface area contributed by atoms with Gasteiger partial charge in [0, 0.05) is 39.0 Å². The molecule has 152 valence electrons. The number of nitrogens with zero attached hydrogens (tertiary/aromatic N) is 3. The summed E-state index contributed by atoms with van der Waals surface area (Å²) >= 11 is 0. The van der Waals surface area contributed by atoms with Gasteiger partial charge in [-0.05, 0) is 62.1 Å². The van der Waals surface area contributed by atoms with E-state index in [0.29, 0.717) is 6.54 Å². The number of rotatable bonds is 10. The van der Waals surface area contributed by atoms with Crippen molar-refractivity contribution in [3.8, 4) is 0 Å². The van der Waals surface area contributed by atoms with Crippen LogP contribution in [0.5, 0.6) is 0 Å². The summed E-state index contributed by atoms with van der Waals surface area (Å²) in [6, 6.07) is 4.20. The van der Waals surface area contributed by atoms with Crippen molar-refractivity contribution in [2.75, 3.05) is 37.7 Å². The number of anilines is 1. The molecule has 2 heterocycles. The SMILES string of the molecule is CCNC(=NCc1ccnc(N2CCCC2)c1)NCC(CC)(CC)CCO. The number of aliphatic hydroxyl groups is 1. The van der Waals surface area contributed by atoms with Crippen LogP contribution < -0.4 is 15.5 Å². The molecule has 0 unspecified atom stereocenters. The molecule has 0 aromatic carbocycles. The topological polar surface area (TPSA) is 72.8 Å². The van der Waals surface area contributed by atoms with Gasteiger partial charge in [-0.25, -0.2) is 9.98 Å². The molecule has 27 heavy (non-hydrogen) atoms. The normalized spacial score (nSPS) is 15.3. The molecule has 1 fully saturated rings. The van der Waals surface area contributed by atoms with Crippen LogP contribution in [0.2, 0.25) is 0 Å². The molecule has 3 N–H and O–H groups in total. The Hall–Kier alpha value is -1.82. The Labute approximate surface area is 164 Å². The van der Waals surface area contributed by atoms with Crippen molar-refractivity contribution < 1.29 is 5.11 Å². The molecule has 0 spiro atoms. The van der Waals surface area contributed by atoms with Gasteiger partial charge in [-0.1, -0.05) is 13.8 Å². The molecule has 1 aliphatic heterocycles. The minimum atomic E-state index is 0.116. The molecule has 6 nitrogen and oxygen atoms in total. The number of aliphatic hydroxyl groups excluding tert-OH is 1. The minimum absolute atomic E-state index is 0.116. The lowest BCUT2D eigenvalue weighted by atomic mass is 9.79. The number of aliphatic imine (C=N–C) groups is 1. The van der Waals surface area contributed by atoms with E-state index >= 15 is 0 Å². The third-order valence-corrected chi connectivity index (χ3v) is 5.78. The van der Waals surface area contributed by atoms with E-state index in [2.05, 4.69) is 47.4 Å². The number of guanidine groups is 1. The molecular formula is C21H37N5O. The Morgan fingerprint density at radius 3 is 2.59 bits per heavy atom. The molecule has 2 rings (SSSR count). The number of pyridine rings is 1. The second-order valence-corrected chi connectivity index (χ2v) is 7.45. The smallest absolute Gasteiger partial charge is 0.191 e. The van der Waals surface area contributed by atoms with Crippen molar-refractivity contribution in [1.29, 1.82) is 0 Å². The molecule has 0 bridgehead atoms. The average molecular weight is 376 g/mol. The molecular weight excluding hydrogens is 338 g/mol. The predicted molar refractivity (Wildman–Crippen MR) is 113 cm³/mol. The van der Waals surface area contributed by atoms with Crippen LogP contribution in [0.15, 0.2) is 23.3 Å². The van der Waals surface area contributed by atoms with E-state index in [1.54, 1.807) is 0 Å². The summed E-state index contributed by atoms with van der Waals surface area (Å²) in [4.78, 5) is 11.6. The van der Waals surface area contributed by atoms with E-state index in [1.807, 2.05) is 12.3 Å². The lowest BCUT2D eigenvalue weighted by molar-refractivity contribution is 0.169. The zero-order valence-electron chi connectivity index (χ0n) is 17.3. The van der Waals surface area contributed by atoms with E-state index in [4.69, 9.17) is 4.99 Å². The van der Waals surface area contributed by atoms with Gasteiger partial charge in [-0.3, -0.25) is 0 Å². The maximum atomic E-state index is 9.42. The first-order chi connectivity index (χ1) is 13.2. The summed E-state index contributed by atoms with van der Waals surface area (Å²) in [6.45, 7) is 11.2. The van der Waals surface area contributed by atoms with Crippen molar-refractivity contribution in [2.24, 2.45) is 10.4 Å². The quantitative estimate of drug-likeness (QED) is 0.433. The van der Waals surface area contributed by atoms with Crippen molar-refractivity contribution in [2.45, 2.75) is 59.4 Å². The van der Waals surface area contributed by atoms with Gasteiger partial charge >= 0.3 is 0 Å². The second kappa shape index (κ2) is 11.1. The van der Waals surface area contributed by atoms with E-state index in [1.165, 1.54) is 18.4 Å². The summed E-state index contributed by atoms with van der Waals surface area (Å²) in [7, 11) is 0. The van der Waals surface area contributed by atoms with Crippen molar-refractivity contribution in [3.05, 3.63) is 23.9 Å². The highest BCUT2D eigenvalue weighted by Gasteiger charge is 2.25. The summed E-state index contributed by atoms with van der Waals surface area (Å²) in [5, 5.41) is 16.2. The Balaban J connectivity index is 2.01. The van der Waals surface area contributed by atoms with E-state index in [0.717, 1.165) is 57.2 Å². The molecule has 0 aliphatic carbocycles. The molecule has 0 atom stereocenters. The van der Waals surface area contributed by atoms with Crippen molar-refractivity contribution in [3.63, 3.8) is 0 Å². The van der Waals surface area contributed by atoms with Crippen LogP contribution in [0.1, 0.15) is 58.4 Å². The van der Waals surface area contributed by atoms with Crippen LogP contribution >= 0.6 is 0 Å². The van der Waals surface area contributed by atoms with Gasteiger partial charge in [-0.15, -0.1) is 0 Å². The average Bonchev–Trinajstić information content (AvgIpc) is 3.24. The largest absolute Gasteiger partial charge is 0.396 e. The molecule has 0 radical (unpaired) electrons. The summed E-state index contributed by atoms with van der Waals surface area (Å²) < 4.78 is 0. The van der Waals surface area contributed by atoms with Gasteiger partial charge in [0.25, 0.3) is 0 Å². The lowest BCUT2D eigenvalue weighted by Gasteiger charge is -2.32. The summed E-state index contributed by atoms with van der Waals surface area (Å²) in [6.07, 6.45) is 7.29. The zero-order chi connectivity index (χ0) is 19.5. The van der Waals surface area contributed by atoms with E-state index < -0.39 is 0 Å². The van der Waals surface area contributed by atoms with Crippen LogP contribution in [0.4, 0.5) is 5.82 Å². The number of hydrogen-bond donors (Lipinski definition) is 3. The molecule has 1 aliphatic rings. The highest BCUT2D eigenvalue weighted by atomic mass is 16.3. The van der Waals surface area contributed by atoms with Crippen LogP contribution in [-0.4, -0.2) is 48.8 Å². The van der Waals surface area contributed by atoms with Crippen LogP contribution in [0.25, 0.3) is 0 Å². The van der Waals surface area contributed by atoms with Crippen LogP contribution in [0, 0.1) is 5.41 Å². The maximum Gasteiger partial charge on any atom is 0.191 e. The van der Waals surface area contributed by atoms with E-state index in [-0.39, 0.29) is 12.0 Å². The van der Waals surface area contributed by atoms with Crippen LogP contribution in [0.3, 0.4) is 0 Å². The second-order valence-electron chi connectivity index (χ2n) is 7.45. The molecule has 0 saturated carbocycles. The highest BCUT2D eigenvalue weighted by molar-refractivity contribution is 5.79. The van der Waals surface area contributed by atoms with Crippen LogP contribution in [-0.2, 0) is 6.54 Å². The molecule has 1 aromatic rings. The van der Waals surface area contributed by atoms with Gasteiger partial charge in [0.1, 0.15) is 5.82 Å². The summed E-state index contributed by atoms with van der Waals surface area (Å²) in [5.41, 5.74) is 1.29. The Morgan fingerprint density at radius 2 is 1.96 bits per heavy atom. The Morgan fingerprint density at radius 1 is 1.22 bits per heavy atom. The van der Waals surface area contributed by atoms with Gasteiger partial charge in [0.05, 0.1) is 6.54 Å². The highest BCUT2D eigenvalue weighted by Crippen LogP contribution is 2.29. The molecule has 1 saturated heterocycles. The predicted octanol–water partition coefficient (Wildman–Crippen LogP) is 2.93. The minimum Gasteiger partial charge on any atom is -0.396 e. The Kier molecular flexibility index (Phi) is 8.85. The van der Waals surface area contributed by atoms with Gasteiger partial charge < -0.3 is 20.6 Å². The number of aromatic nitrogens is 1. The first-order valence-electron chi connectivity index (χ1n) is 10.5. The fourth-order valence-corrected chi connectivity index (χ4v) is 3.64. The standard InChI is InChI=1S/C21H37N5O/c1-4-21(5-2,10-14-27)17-25-20(22-6-3)24-16-18-9-11-23-19(15-18)26-12-7-8-13-26/h9,11,15,27H,4-8,10,12-14,16-17H2,1-3H3,(H2,22,24,25). The molecule has 0 amide bonds. The first-order valence-corrected chi connectivity index (χ1v) is 10.5. The first kappa shape index (κ1) is 21.5. The fourth-order valence-electron chi connectivity index (χ4n) is 3.64. The van der Waals surface area contributed by atoms with E-state index in [9.17, 15) is 5.11 Å². The number of nitrogens with one attached hydrogen (secondary N) is 2. The molecule has 1 aromatic heterocycles. The lowest BCUT2D eigenvalue weighted by Crippen LogP contribution is -2.43. The Bertz CT molecular complexity index is 580. The molecule has 6 heteroatoms. The van der Waals surface area contributed by atoms with Gasteiger partial charge in [0.15, 0.2) is 5.96 Å². The third kappa shape index (κ3) is 6.38. The van der Waals surface area contributed by atoms with Gasteiger partial charge in [0.2, 0.25) is 0 Å². The summed E-state index contributed by atoms with van der Waals surface area (Å²) in [5.74, 6) is 1.90. The monoisotopic (exact) mass is 375 g/mol. The maximum absolute atomic E-state index is 9.42. The fraction of sp³-hybridized carbons (Fsp3) is 0.714. The number of hydrogen-bond acceptors (Lipinski definition) is 4. The zero-order valence-corrected chi connectivity index (χ0v) is 17.3. The van der Waals surface area contributed by atoms with Crippen molar-refractivity contribution in [1.82, 2.24) is 15.6 Å². The van der Waals surface area contributed by atoms with Crippen molar-refractivity contribution >= 4 is 11.8 Å². The third-order valence-electron chi connectivity index (χ3n) is 5.78.